The standard InChI is InChI=1S/C13H17N4O3PS/c1-19-13(18)9-6-15-11(12-14-3-4-22-12)17-7-8(5-10(9)17)16-21-20-2/h3-4,8,16,21H,5-7H2,1-2H3/t8-/m0/s1. The van der Waals surface area contributed by atoms with Gasteiger partial charge in [0.1, 0.15) is 0 Å². The van der Waals surface area contributed by atoms with Crippen molar-refractivity contribution in [3.8, 4) is 0 Å². The number of aliphatic imine (C=N–C) groups is 1. The first-order valence-corrected chi connectivity index (χ1v) is 8.59. The van der Waals surface area contributed by atoms with Crippen molar-refractivity contribution < 1.29 is 14.1 Å². The van der Waals surface area contributed by atoms with Crippen LogP contribution in [0.15, 0.2) is 27.8 Å². The van der Waals surface area contributed by atoms with Crippen LogP contribution in [0.25, 0.3) is 0 Å². The van der Waals surface area contributed by atoms with E-state index in [1.54, 1.807) is 24.6 Å². The second-order valence-electron chi connectivity index (χ2n) is 4.86. The largest absolute Gasteiger partial charge is 0.466 e. The van der Waals surface area contributed by atoms with Gasteiger partial charge in [-0.3, -0.25) is 10.1 Å². The number of aromatic nitrogens is 1. The zero-order valence-corrected chi connectivity index (χ0v) is 14.1. The Morgan fingerprint density at radius 1 is 1.55 bits per heavy atom. The Labute approximate surface area is 134 Å². The molecule has 0 amide bonds. The molecule has 3 rings (SSSR count). The van der Waals surface area contributed by atoms with E-state index in [4.69, 9.17) is 9.26 Å². The van der Waals surface area contributed by atoms with Gasteiger partial charge in [0.2, 0.25) is 0 Å². The highest BCUT2D eigenvalue weighted by atomic mass is 32.1. The number of carbonyl (C=O) groups excluding carboxylic acids is 1. The quantitative estimate of drug-likeness (QED) is 0.640. The Morgan fingerprint density at radius 2 is 2.41 bits per heavy atom. The molecule has 0 saturated carbocycles. The summed E-state index contributed by atoms with van der Waals surface area (Å²) in [7, 11) is 3.30. The second kappa shape index (κ2) is 6.83. The van der Waals surface area contributed by atoms with Crippen LogP contribution < -0.4 is 5.09 Å². The first-order valence-electron chi connectivity index (χ1n) is 6.80. The third-order valence-corrected chi connectivity index (χ3v) is 5.08. The molecule has 2 atom stereocenters. The molecule has 0 bridgehead atoms. The molecule has 22 heavy (non-hydrogen) atoms. The normalized spacial score (nSPS) is 21.5. The third kappa shape index (κ3) is 2.92. The van der Waals surface area contributed by atoms with Gasteiger partial charge in [-0.25, -0.2) is 9.78 Å². The van der Waals surface area contributed by atoms with Crippen LogP contribution in [0.5, 0.6) is 0 Å². The topological polar surface area (TPSA) is 76.0 Å². The molecule has 9 heteroatoms. The molecule has 1 saturated heterocycles. The summed E-state index contributed by atoms with van der Waals surface area (Å²) in [5, 5.41) is 6.13. The van der Waals surface area contributed by atoms with Crippen molar-refractivity contribution in [1.29, 1.82) is 0 Å². The fourth-order valence-corrected chi connectivity index (χ4v) is 3.76. The van der Waals surface area contributed by atoms with E-state index in [0.717, 1.165) is 29.5 Å². The van der Waals surface area contributed by atoms with Crippen molar-refractivity contribution in [2.45, 2.75) is 12.5 Å². The number of esters is 1. The Kier molecular flexibility index (Phi) is 4.83. The summed E-state index contributed by atoms with van der Waals surface area (Å²) >= 11 is 1.55. The van der Waals surface area contributed by atoms with Crippen LogP contribution in [0.4, 0.5) is 0 Å². The molecule has 0 aromatic carbocycles. The Morgan fingerprint density at radius 3 is 3.09 bits per heavy atom. The Bertz CT molecular complexity index is 617. The average molecular weight is 340 g/mol. The number of hydrogen-bond acceptors (Lipinski definition) is 8. The van der Waals surface area contributed by atoms with E-state index in [9.17, 15) is 4.79 Å². The van der Waals surface area contributed by atoms with E-state index in [1.807, 2.05) is 5.38 Å². The Balaban J connectivity index is 1.89. The van der Waals surface area contributed by atoms with E-state index in [-0.39, 0.29) is 21.0 Å². The fourth-order valence-electron chi connectivity index (χ4n) is 2.63. The van der Waals surface area contributed by atoms with Gasteiger partial charge in [0.05, 0.1) is 28.2 Å². The molecule has 0 spiro atoms. The Hall–Kier alpha value is -1.34. The lowest BCUT2D eigenvalue weighted by Crippen LogP contribution is -2.35. The number of hydrogen-bond donors (Lipinski definition) is 1. The molecule has 2 aliphatic heterocycles. The third-order valence-electron chi connectivity index (χ3n) is 3.58. The van der Waals surface area contributed by atoms with Crippen molar-refractivity contribution in [2.75, 3.05) is 27.3 Å². The summed E-state index contributed by atoms with van der Waals surface area (Å²) in [5.74, 6) is 0.527. The number of methoxy groups -OCH3 is 1. The van der Waals surface area contributed by atoms with E-state index in [2.05, 4.69) is 20.0 Å². The van der Waals surface area contributed by atoms with Crippen molar-refractivity contribution in [1.82, 2.24) is 15.0 Å². The number of nitrogens with zero attached hydrogens (tertiary/aromatic N) is 3. The van der Waals surface area contributed by atoms with Crippen LogP contribution in [-0.4, -0.2) is 55.0 Å². The molecule has 118 valence electrons. The van der Waals surface area contributed by atoms with Gasteiger partial charge < -0.3 is 14.2 Å². The van der Waals surface area contributed by atoms with E-state index in [1.165, 1.54) is 7.11 Å². The highest BCUT2D eigenvalue weighted by Crippen LogP contribution is 2.32. The van der Waals surface area contributed by atoms with Crippen LogP contribution >= 0.6 is 20.3 Å². The van der Waals surface area contributed by atoms with Gasteiger partial charge in [0.15, 0.2) is 10.8 Å². The number of rotatable bonds is 5. The second-order valence-corrected chi connectivity index (χ2v) is 6.65. The van der Waals surface area contributed by atoms with Gasteiger partial charge in [-0.05, 0) is 0 Å². The average Bonchev–Trinajstić information content (AvgIpc) is 3.20. The minimum Gasteiger partial charge on any atom is -0.466 e. The lowest BCUT2D eigenvalue weighted by atomic mass is 10.1. The number of carbonyl (C=O) groups is 1. The molecule has 7 nitrogen and oxygen atoms in total. The molecule has 1 aromatic heterocycles. The number of amidine groups is 1. The lowest BCUT2D eigenvalue weighted by Gasteiger charge is -2.26. The van der Waals surface area contributed by atoms with E-state index < -0.39 is 0 Å². The molecule has 0 radical (unpaired) electrons. The summed E-state index contributed by atoms with van der Waals surface area (Å²) in [5.41, 5.74) is 1.61. The van der Waals surface area contributed by atoms with Gasteiger partial charge >= 0.3 is 5.97 Å². The molecule has 1 unspecified atom stereocenters. The smallest absolute Gasteiger partial charge is 0.337 e. The summed E-state index contributed by atoms with van der Waals surface area (Å²) in [6.45, 7) is 1.08. The summed E-state index contributed by atoms with van der Waals surface area (Å²) in [6, 6.07) is 0.219. The molecule has 3 heterocycles. The monoisotopic (exact) mass is 340 g/mol. The van der Waals surface area contributed by atoms with Gasteiger partial charge in [0.25, 0.3) is 0 Å². The van der Waals surface area contributed by atoms with Crippen molar-refractivity contribution in [3.63, 3.8) is 0 Å². The lowest BCUT2D eigenvalue weighted by molar-refractivity contribution is -0.136. The van der Waals surface area contributed by atoms with Gasteiger partial charge in [0, 0.05) is 43.4 Å². The number of thiazole rings is 1. The SMILES string of the molecule is COPN[C@H]1CC2=C(C(=O)OC)CN=C(c3nccs3)N2C1. The van der Waals surface area contributed by atoms with Crippen LogP contribution in [0.3, 0.4) is 0 Å². The maximum absolute atomic E-state index is 12.0. The van der Waals surface area contributed by atoms with Crippen LogP contribution in [-0.2, 0) is 14.1 Å². The molecule has 1 N–H and O–H groups in total. The maximum Gasteiger partial charge on any atom is 0.337 e. The zero-order valence-electron chi connectivity index (χ0n) is 12.3. The minimum atomic E-state index is -0.309. The molecule has 2 aliphatic rings. The predicted octanol–water partition coefficient (Wildman–Crippen LogP) is 1.15. The minimum absolute atomic E-state index is 0.219. The predicted molar refractivity (Wildman–Crippen MR) is 86.1 cm³/mol. The first-order chi connectivity index (χ1) is 10.7. The van der Waals surface area contributed by atoms with Gasteiger partial charge in [-0.2, -0.15) is 0 Å². The van der Waals surface area contributed by atoms with Crippen LogP contribution in [0.2, 0.25) is 0 Å². The van der Waals surface area contributed by atoms with Crippen molar-refractivity contribution >= 4 is 32.1 Å². The van der Waals surface area contributed by atoms with E-state index >= 15 is 0 Å². The molecule has 1 aromatic rings. The first kappa shape index (κ1) is 15.6. The summed E-state index contributed by atoms with van der Waals surface area (Å²) in [6.07, 6.45) is 2.52. The maximum atomic E-state index is 12.0. The molecule has 0 aliphatic carbocycles. The van der Waals surface area contributed by atoms with Crippen LogP contribution in [0.1, 0.15) is 11.4 Å². The van der Waals surface area contributed by atoms with Gasteiger partial charge in [-0.15, -0.1) is 11.3 Å². The fraction of sp³-hybridized carbons (Fsp3) is 0.462. The zero-order chi connectivity index (χ0) is 15.5. The summed E-state index contributed by atoms with van der Waals surface area (Å²) < 4.78 is 9.99. The number of ether oxygens (including phenoxy) is 1. The van der Waals surface area contributed by atoms with Crippen LogP contribution in [0, 0.1) is 0 Å². The molecular weight excluding hydrogens is 323 g/mol. The van der Waals surface area contributed by atoms with Gasteiger partial charge in [-0.1, -0.05) is 0 Å². The number of nitrogens with one attached hydrogen (secondary N) is 1. The molecule has 1 fully saturated rings. The highest BCUT2D eigenvalue weighted by molar-refractivity contribution is 7.29. The molecular formula is C13H17N4O3PS. The number of fused-ring (bicyclic) bond motifs is 1. The van der Waals surface area contributed by atoms with Crippen molar-refractivity contribution in [3.05, 3.63) is 27.9 Å². The van der Waals surface area contributed by atoms with Crippen molar-refractivity contribution in [2.24, 2.45) is 4.99 Å². The summed E-state index contributed by atoms with van der Waals surface area (Å²) in [4.78, 5) is 23.0. The van der Waals surface area contributed by atoms with E-state index in [0.29, 0.717) is 12.1 Å². The highest BCUT2D eigenvalue weighted by Gasteiger charge is 2.37.